The Morgan fingerprint density at radius 3 is 2.69 bits per heavy atom. The van der Waals surface area contributed by atoms with Crippen LogP contribution in [0, 0.1) is 0 Å². The number of para-hydroxylation sites is 1. The van der Waals surface area contributed by atoms with Gasteiger partial charge in [-0.3, -0.25) is 0 Å². The number of anilines is 1. The molecule has 1 aliphatic rings. The summed E-state index contributed by atoms with van der Waals surface area (Å²) >= 11 is 0. The van der Waals surface area contributed by atoms with Gasteiger partial charge in [-0.25, -0.2) is 4.68 Å². The van der Waals surface area contributed by atoms with Crippen molar-refractivity contribution in [3.05, 3.63) is 59.2 Å². The average Bonchev–Trinajstić information content (AvgIpc) is 3.22. The topological polar surface area (TPSA) is 74.1 Å². The molecule has 0 radical (unpaired) electrons. The lowest BCUT2D eigenvalue weighted by atomic mass is 9.92. The van der Waals surface area contributed by atoms with Crippen LogP contribution in [0.2, 0.25) is 0 Å². The molecule has 3 aromatic rings. The fourth-order valence-electron chi connectivity index (χ4n) is 3.67. The first kappa shape index (κ1) is 19.1. The highest BCUT2D eigenvalue weighted by molar-refractivity contribution is 5.50. The number of tetrazole rings is 1. The predicted molar refractivity (Wildman–Crippen MR) is 102 cm³/mol. The zero-order chi connectivity index (χ0) is 20.4. The van der Waals surface area contributed by atoms with Gasteiger partial charge in [0.05, 0.1) is 19.2 Å². The minimum absolute atomic E-state index is 0.00145. The van der Waals surface area contributed by atoms with Crippen LogP contribution in [0.4, 0.5) is 14.7 Å². The molecule has 2 atom stereocenters. The minimum Gasteiger partial charge on any atom is -0.493 e. The van der Waals surface area contributed by atoms with E-state index in [1.807, 2.05) is 0 Å². The van der Waals surface area contributed by atoms with E-state index in [0.29, 0.717) is 17.9 Å². The number of ether oxygens (including phenoxy) is 2. The Hall–Kier alpha value is -3.23. The third kappa shape index (κ3) is 3.72. The van der Waals surface area contributed by atoms with Gasteiger partial charge in [0.25, 0.3) is 0 Å². The molecule has 0 aliphatic carbocycles. The van der Waals surface area contributed by atoms with Gasteiger partial charge in [-0.2, -0.15) is 8.78 Å². The van der Waals surface area contributed by atoms with Gasteiger partial charge < -0.3 is 14.8 Å². The monoisotopic (exact) mass is 401 g/mol. The average molecular weight is 401 g/mol. The molecule has 7 nitrogen and oxygen atoms in total. The van der Waals surface area contributed by atoms with Crippen molar-refractivity contribution >= 4 is 5.95 Å². The molecule has 1 aromatic heterocycles. The highest BCUT2D eigenvalue weighted by Crippen LogP contribution is 2.43. The lowest BCUT2D eigenvalue weighted by Gasteiger charge is -2.32. The molecule has 152 valence electrons. The second kappa shape index (κ2) is 8.02. The van der Waals surface area contributed by atoms with Crippen LogP contribution in [0.15, 0.2) is 42.5 Å². The van der Waals surface area contributed by atoms with E-state index in [4.69, 9.17) is 9.47 Å². The van der Waals surface area contributed by atoms with Crippen molar-refractivity contribution in [1.29, 1.82) is 0 Å². The molecule has 1 N–H and O–H groups in total. The summed E-state index contributed by atoms with van der Waals surface area (Å²) in [6.45, 7) is -0.872. The lowest BCUT2D eigenvalue weighted by Crippen LogP contribution is -2.28. The SMILES string of the molecule is CCc1ccc([C@@H]2C[C@H](c3cccc(OC)c3OC(F)F)n3nnnc3N2)cc1. The Balaban J connectivity index is 1.75. The van der Waals surface area contributed by atoms with Gasteiger partial charge in [-0.05, 0) is 40.5 Å². The molecule has 0 saturated carbocycles. The van der Waals surface area contributed by atoms with Crippen molar-refractivity contribution in [3.63, 3.8) is 0 Å². The van der Waals surface area contributed by atoms with E-state index < -0.39 is 12.7 Å². The van der Waals surface area contributed by atoms with Crippen molar-refractivity contribution in [1.82, 2.24) is 20.2 Å². The Bertz CT molecular complexity index is 977. The minimum atomic E-state index is -2.97. The molecule has 0 saturated heterocycles. The van der Waals surface area contributed by atoms with Crippen LogP contribution in [0.5, 0.6) is 11.5 Å². The Labute approximate surface area is 166 Å². The zero-order valence-corrected chi connectivity index (χ0v) is 16.0. The fourth-order valence-corrected chi connectivity index (χ4v) is 3.67. The third-order valence-corrected chi connectivity index (χ3v) is 5.14. The van der Waals surface area contributed by atoms with E-state index in [-0.39, 0.29) is 17.5 Å². The van der Waals surface area contributed by atoms with Crippen molar-refractivity contribution in [2.24, 2.45) is 0 Å². The standard InChI is InChI=1S/C20H21F2N5O2/c1-3-12-7-9-13(10-8-12)15-11-16(27-20(23-15)24-25-26-27)14-5-4-6-17(28-2)18(14)29-19(21)22/h4-10,15-16,19H,3,11H2,1-2H3,(H,23,24,26)/t15-,16+/m0/s1. The first-order valence-corrected chi connectivity index (χ1v) is 9.35. The number of nitrogens with zero attached hydrogens (tertiary/aromatic N) is 4. The molecule has 0 spiro atoms. The van der Waals surface area contributed by atoms with Crippen molar-refractivity contribution in [3.8, 4) is 11.5 Å². The number of fused-ring (bicyclic) bond motifs is 1. The summed E-state index contributed by atoms with van der Waals surface area (Å²) in [5.74, 6) is 0.704. The molecular weight excluding hydrogens is 380 g/mol. The van der Waals surface area contributed by atoms with Crippen LogP contribution in [-0.4, -0.2) is 33.9 Å². The maximum Gasteiger partial charge on any atom is 0.387 e. The number of aryl methyl sites for hydroxylation is 1. The number of benzene rings is 2. The molecule has 29 heavy (non-hydrogen) atoms. The second-order valence-corrected chi connectivity index (χ2v) is 6.75. The van der Waals surface area contributed by atoms with Crippen LogP contribution in [0.3, 0.4) is 0 Å². The summed E-state index contributed by atoms with van der Waals surface area (Å²) in [5, 5.41) is 15.2. The Kier molecular flexibility index (Phi) is 5.28. The normalized spacial score (nSPS) is 18.2. The van der Waals surface area contributed by atoms with Gasteiger partial charge in [0, 0.05) is 5.56 Å². The number of hydrogen-bond donors (Lipinski definition) is 1. The van der Waals surface area contributed by atoms with Gasteiger partial charge in [-0.15, -0.1) is 0 Å². The largest absolute Gasteiger partial charge is 0.493 e. The quantitative estimate of drug-likeness (QED) is 0.673. The molecule has 1 aliphatic heterocycles. The van der Waals surface area contributed by atoms with E-state index in [0.717, 1.165) is 12.0 Å². The van der Waals surface area contributed by atoms with Gasteiger partial charge in [0.15, 0.2) is 11.5 Å². The van der Waals surface area contributed by atoms with Crippen LogP contribution in [-0.2, 0) is 6.42 Å². The first-order chi connectivity index (χ1) is 14.1. The summed E-state index contributed by atoms with van der Waals surface area (Å²) in [7, 11) is 1.42. The fraction of sp³-hybridized carbons (Fsp3) is 0.350. The molecule has 0 amide bonds. The van der Waals surface area contributed by atoms with E-state index in [1.54, 1.807) is 22.9 Å². The van der Waals surface area contributed by atoms with Crippen molar-refractivity contribution in [2.45, 2.75) is 38.5 Å². The number of aromatic nitrogens is 4. The smallest absolute Gasteiger partial charge is 0.387 e. The molecule has 2 aromatic carbocycles. The maximum atomic E-state index is 13.1. The maximum absolute atomic E-state index is 13.1. The molecule has 0 fully saturated rings. The van der Waals surface area contributed by atoms with E-state index in [1.165, 1.54) is 12.7 Å². The number of alkyl halides is 2. The number of hydrogen-bond acceptors (Lipinski definition) is 6. The van der Waals surface area contributed by atoms with Crippen LogP contribution in [0.25, 0.3) is 0 Å². The lowest BCUT2D eigenvalue weighted by molar-refractivity contribution is -0.0521. The molecule has 9 heteroatoms. The van der Waals surface area contributed by atoms with Crippen LogP contribution >= 0.6 is 0 Å². The molecule has 0 unspecified atom stereocenters. The predicted octanol–water partition coefficient (Wildman–Crippen LogP) is 3.99. The van der Waals surface area contributed by atoms with Gasteiger partial charge in [0.2, 0.25) is 5.95 Å². The molecular formula is C20H21F2N5O2. The van der Waals surface area contributed by atoms with Crippen molar-refractivity contribution < 1.29 is 18.3 Å². The summed E-state index contributed by atoms with van der Waals surface area (Å²) in [6, 6.07) is 12.9. The molecule has 0 bridgehead atoms. The number of methoxy groups -OCH3 is 1. The number of nitrogens with one attached hydrogen (secondary N) is 1. The summed E-state index contributed by atoms with van der Waals surface area (Å²) in [6.07, 6.45) is 1.51. The van der Waals surface area contributed by atoms with Gasteiger partial charge in [0.1, 0.15) is 0 Å². The van der Waals surface area contributed by atoms with E-state index in [9.17, 15) is 8.78 Å². The third-order valence-electron chi connectivity index (χ3n) is 5.14. The number of halogens is 2. The highest BCUT2D eigenvalue weighted by atomic mass is 19.3. The van der Waals surface area contributed by atoms with Gasteiger partial charge in [-0.1, -0.05) is 48.4 Å². The zero-order valence-electron chi connectivity index (χ0n) is 16.0. The number of rotatable bonds is 6. The molecule has 2 heterocycles. The van der Waals surface area contributed by atoms with Gasteiger partial charge >= 0.3 is 6.61 Å². The molecule has 4 rings (SSSR count). The summed E-state index contributed by atoms with van der Waals surface area (Å²) < 4.78 is 37.9. The van der Waals surface area contributed by atoms with E-state index in [2.05, 4.69) is 52.0 Å². The Morgan fingerprint density at radius 2 is 2.00 bits per heavy atom. The Morgan fingerprint density at radius 1 is 1.21 bits per heavy atom. The van der Waals surface area contributed by atoms with Crippen molar-refractivity contribution in [2.75, 3.05) is 12.4 Å². The first-order valence-electron chi connectivity index (χ1n) is 9.35. The second-order valence-electron chi connectivity index (χ2n) is 6.75. The summed E-state index contributed by atoms with van der Waals surface area (Å²) in [4.78, 5) is 0. The summed E-state index contributed by atoms with van der Waals surface area (Å²) in [5.41, 5.74) is 2.85. The highest BCUT2D eigenvalue weighted by Gasteiger charge is 2.33. The van der Waals surface area contributed by atoms with E-state index >= 15 is 0 Å². The van der Waals surface area contributed by atoms with Crippen LogP contribution < -0.4 is 14.8 Å². The van der Waals surface area contributed by atoms with Crippen LogP contribution in [0.1, 0.15) is 42.1 Å².